The average Bonchev–Trinajstić information content (AvgIpc) is 2.59. The Bertz CT molecular complexity index is 791. The lowest BCUT2D eigenvalue weighted by molar-refractivity contribution is -0.146. The van der Waals surface area contributed by atoms with Crippen molar-refractivity contribution < 1.29 is 30.0 Å². The summed E-state index contributed by atoms with van der Waals surface area (Å²) >= 11 is 0. The summed E-state index contributed by atoms with van der Waals surface area (Å²) in [6.07, 6.45) is 2.17. The van der Waals surface area contributed by atoms with Crippen LogP contribution in [0.15, 0.2) is 58.5 Å². The van der Waals surface area contributed by atoms with Gasteiger partial charge in [-0.3, -0.25) is 9.98 Å². The minimum absolute atomic E-state index is 0.120. The Morgan fingerprint density at radius 3 is 1.38 bits per heavy atom. The average molecular weight is 356 g/mol. The van der Waals surface area contributed by atoms with Gasteiger partial charge in [0.05, 0.1) is 0 Å². The molecule has 134 valence electrons. The molecule has 0 aliphatic carbocycles. The lowest BCUT2D eigenvalue weighted by Gasteiger charge is -2.13. The minimum Gasteiger partial charge on any atom is -0.507 e. The number of nitrogens with zero attached hydrogens (tertiary/aromatic N) is 2. The van der Waals surface area contributed by atoms with Crippen LogP contribution in [-0.2, 0) is 9.59 Å². The van der Waals surface area contributed by atoms with Crippen molar-refractivity contribution in [3.63, 3.8) is 0 Å². The van der Waals surface area contributed by atoms with E-state index in [4.69, 9.17) is 0 Å². The Kier molecular flexibility index (Phi) is 6.05. The summed E-state index contributed by atoms with van der Waals surface area (Å²) in [4.78, 5) is 30.5. The number of carbonyl (C=O) groups is 2. The van der Waals surface area contributed by atoms with Crippen LogP contribution in [0.5, 0.6) is 11.5 Å². The topological polar surface area (TPSA) is 140 Å². The number of phenolic OH excluding ortho intramolecular Hbond substituents is 2. The van der Waals surface area contributed by atoms with E-state index in [9.17, 15) is 30.0 Å². The van der Waals surface area contributed by atoms with Crippen molar-refractivity contribution in [2.24, 2.45) is 9.98 Å². The maximum Gasteiger partial charge on any atom is 0.331 e. The predicted molar refractivity (Wildman–Crippen MR) is 94.2 cm³/mol. The number of rotatable bonds is 7. The Balaban J connectivity index is 2.32. The quantitative estimate of drug-likeness (QED) is 0.555. The molecular formula is C18H16N2O6. The summed E-state index contributed by atoms with van der Waals surface area (Å²) in [6.45, 7) is 0. The highest BCUT2D eigenvalue weighted by molar-refractivity contribution is 5.92. The van der Waals surface area contributed by atoms with Gasteiger partial charge in [-0.25, -0.2) is 9.59 Å². The van der Waals surface area contributed by atoms with Gasteiger partial charge in [0, 0.05) is 23.6 Å². The summed E-state index contributed by atoms with van der Waals surface area (Å²) in [6, 6.07) is 8.74. The van der Waals surface area contributed by atoms with Crippen LogP contribution < -0.4 is 0 Å². The molecule has 2 atom stereocenters. The molecule has 0 unspecified atom stereocenters. The van der Waals surface area contributed by atoms with Crippen molar-refractivity contribution in [2.45, 2.75) is 12.1 Å². The van der Waals surface area contributed by atoms with Crippen molar-refractivity contribution >= 4 is 24.4 Å². The number of aromatic hydroxyl groups is 2. The zero-order valence-corrected chi connectivity index (χ0v) is 13.4. The fourth-order valence-electron chi connectivity index (χ4n) is 2.08. The molecule has 0 aliphatic heterocycles. The predicted octanol–water partition coefficient (Wildman–Crippen LogP) is 1.54. The second-order valence-corrected chi connectivity index (χ2v) is 5.24. The van der Waals surface area contributed by atoms with Crippen molar-refractivity contribution in [2.75, 3.05) is 0 Å². The highest BCUT2D eigenvalue weighted by Crippen LogP contribution is 2.16. The molecule has 4 N–H and O–H groups in total. The second kappa shape index (κ2) is 8.43. The Morgan fingerprint density at radius 1 is 0.731 bits per heavy atom. The maximum absolute atomic E-state index is 11.5. The third-order valence-electron chi connectivity index (χ3n) is 3.43. The molecule has 0 amide bonds. The normalized spacial score (nSPS) is 13.7. The fourth-order valence-corrected chi connectivity index (χ4v) is 2.08. The summed E-state index contributed by atoms with van der Waals surface area (Å²) in [5, 5.41) is 38.0. The molecule has 0 fully saturated rings. The number of hydrogen-bond acceptors (Lipinski definition) is 6. The zero-order chi connectivity index (χ0) is 19.1. The van der Waals surface area contributed by atoms with E-state index >= 15 is 0 Å². The van der Waals surface area contributed by atoms with Crippen molar-refractivity contribution in [3.05, 3.63) is 59.7 Å². The highest BCUT2D eigenvalue weighted by atomic mass is 16.4. The fraction of sp³-hybridized carbons (Fsp3) is 0.111. The van der Waals surface area contributed by atoms with Crippen LogP contribution in [0.25, 0.3) is 0 Å². The van der Waals surface area contributed by atoms with Crippen LogP contribution in [0.4, 0.5) is 0 Å². The van der Waals surface area contributed by atoms with Crippen LogP contribution in [0.2, 0.25) is 0 Å². The van der Waals surface area contributed by atoms with Gasteiger partial charge in [0.25, 0.3) is 0 Å². The lowest BCUT2D eigenvalue weighted by atomic mass is 10.1. The minimum atomic E-state index is -1.71. The van der Waals surface area contributed by atoms with E-state index in [1.165, 1.54) is 24.3 Å². The van der Waals surface area contributed by atoms with Gasteiger partial charge in [0.2, 0.25) is 0 Å². The third-order valence-corrected chi connectivity index (χ3v) is 3.43. The van der Waals surface area contributed by atoms with Crippen LogP contribution in [0.3, 0.4) is 0 Å². The van der Waals surface area contributed by atoms with Gasteiger partial charge in [-0.15, -0.1) is 0 Å². The van der Waals surface area contributed by atoms with Crippen LogP contribution >= 0.6 is 0 Å². The van der Waals surface area contributed by atoms with Crippen molar-refractivity contribution in [1.82, 2.24) is 0 Å². The first kappa shape index (κ1) is 18.7. The third kappa shape index (κ3) is 4.67. The summed E-state index contributed by atoms with van der Waals surface area (Å²) in [5.41, 5.74) is 0.486. The van der Waals surface area contributed by atoms with Gasteiger partial charge in [-0.2, -0.15) is 0 Å². The number of hydrogen-bond donors (Lipinski definition) is 4. The SMILES string of the molecule is O=C(O)[C@@H](N=Cc1ccccc1O)[C@H](N=Cc1ccccc1O)C(=O)O. The molecule has 2 aromatic rings. The molecule has 2 aromatic carbocycles. The standard InChI is InChI=1S/C18H16N2O6/c21-13-7-3-1-5-11(13)9-19-15(17(23)24)16(18(25)26)20-10-12-6-2-4-8-14(12)22/h1-10,15-16,21-22H,(H,23,24)(H,25,26)/t15-,16-/m0/s1. The Morgan fingerprint density at radius 2 is 1.08 bits per heavy atom. The Labute approximate surface area is 148 Å². The van der Waals surface area contributed by atoms with E-state index < -0.39 is 24.0 Å². The second-order valence-electron chi connectivity index (χ2n) is 5.24. The maximum atomic E-state index is 11.5. The number of aliphatic carboxylic acids is 2. The molecule has 8 heteroatoms. The molecular weight excluding hydrogens is 340 g/mol. The van der Waals surface area contributed by atoms with Crippen LogP contribution in [0.1, 0.15) is 11.1 Å². The number of carboxylic acids is 2. The molecule has 26 heavy (non-hydrogen) atoms. The van der Waals surface area contributed by atoms with E-state index in [1.807, 2.05) is 0 Å². The molecule has 0 radical (unpaired) electrons. The van der Waals surface area contributed by atoms with Crippen LogP contribution in [-0.4, -0.2) is 56.9 Å². The first-order chi connectivity index (χ1) is 12.4. The lowest BCUT2D eigenvalue weighted by Crippen LogP contribution is -2.37. The van der Waals surface area contributed by atoms with Gasteiger partial charge >= 0.3 is 11.9 Å². The molecule has 0 saturated carbocycles. The largest absolute Gasteiger partial charge is 0.507 e. The summed E-state index contributed by atoms with van der Waals surface area (Å²) in [5.74, 6) is -3.22. The first-order valence-corrected chi connectivity index (χ1v) is 7.48. The molecule has 0 heterocycles. The van der Waals surface area contributed by atoms with E-state index in [2.05, 4.69) is 9.98 Å². The monoisotopic (exact) mass is 356 g/mol. The van der Waals surface area contributed by atoms with E-state index in [0.29, 0.717) is 0 Å². The van der Waals surface area contributed by atoms with E-state index in [1.54, 1.807) is 24.3 Å². The van der Waals surface area contributed by atoms with Gasteiger partial charge < -0.3 is 20.4 Å². The van der Waals surface area contributed by atoms with Crippen molar-refractivity contribution in [3.8, 4) is 11.5 Å². The van der Waals surface area contributed by atoms with E-state index in [0.717, 1.165) is 12.4 Å². The molecule has 0 bridgehead atoms. The smallest absolute Gasteiger partial charge is 0.331 e. The van der Waals surface area contributed by atoms with Crippen molar-refractivity contribution in [1.29, 1.82) is 0 Å². The summed E-state index contributed by atoms with van der Waals surface area (Å²) < 4.78 is 0. The highest BCUT2D eigenvalue weighted by Gasteiger charge is 2.32. The molecule has 0 spiro atoms. The number of carboxylic acid groups (broad SMARTS) is 2. The van der Waals surface area contributed by atoms with E-state index in [-0.39, 0.29) is 22.6 Å². The van der Waals surface area contributed by atoms with Gasteiger partial charge in [0.15, 0.2) is 12.1 Å². The van der Waals surface area contributed by atoms with Crippen LogP contribution in [0, 0.1) is 0 Å². The first-order valence-electron chi connectivity index (χ1n) is 7.48. The molecule has 0 aromatic heterocycles. The summed E-state index contributed by atoms with van der Waals surface area (Å²) in [7, 11) is 0. The number of para-hydroxylation sites is 2. The van der Waals surface area contributed by atoms with Gasteiger partial charge in [0.1, 0.15) is 11.5 Å². The number of phenols is 2. The molecule has 8 nitrogen and oxygen atoms in total. The molecule has 0 aliphatic rings. The Hall–Kier alpha value is -3.68. The van der Waals surface area contributed by atoms with Gasteiger partial charge in [-0.1, -0.05) is 24.3 Å². The van der Waals surface area contributed by atoms with Gasteiger partial charge in [-0.05, 0) is 24.3 Å². The number of aliphatic imine (C=N–C) groups is 2. The number of benzene rings is 2. The molecule has 2 rings (SSSR count). The molecule has 0 saturated heterocycles. The zero-order valence-electron chi connectivity index (χ0n) is 13.4.